The van der Waals surface area contributed by atoms with Gasteiger partial charge in [-0.05, 0) is 48.2 Å². The second kappa shape index (κ2) is 14.1. The molecule has 0 heterocycles. The largest absolute Gasteiger partial charge is 0.497 e. The number of carbonyl (C=O) groups is 1. The summed E-state index contributed by atoms with van der Waals surface area (Å²) in [7, 11) is -1.14. The van der Waals surface area contributed by atoms with Crippen molar-refractivity contribution in [2.75, 3.05) is 34.1 Å². The van der Waals surface area contributed by atoms with Crippen molar-refractivity contribution in [1.29, 1.82) is 0 Å². The van der Waals surface area contributed by atoms with E-state index in [0.29, 0.717) is 26.1 Å². The van der Waals surface area contributed by atoms with Gasteiger partial charge in [-0.25, -0.2) is 0 Å². The lowest BCUT2D eigenvalue weighted by Crippen LogP contribution is -2.48. The van der Waals surface area contributed by atoms with Crippen LogP contribution in [-0.2, 0) is 34.2 Å². The first kappa shape index (κ1) is 32.0. The van der Waals surface area contributed by atoms with Gasteiger partial charge in [0.25, 0.3) is 0 Å². The number of benzene rings is 1. The van der Waals surface area contributed by atoms with Crippen LogP contribution >= 0.6 is 7.60 Å². The van der Waals surface area contributed by atoms with E-state index < -0.39 is 15.9 Å². The molecule has 0 N–H and O–H groups in total. The van der Waals surface area contributed by atoms with Crippen molar-refractivity contribution in [2.45, 2.75) is 78.3 Å². The van der Waals surface area contributed by atoms with Crippen molar-refractivity contribution in [1.82, 2.24) is 0 Å². The van der Waals surface area contributed by atoms with E-state index >= 15 is 0 Å². The van der Waals surface area contributed by atoms with Crippen LogP contribution in [-0.4, -0.2) is 54.3 Å². The van der Waals surface area contributed by atoms with E-state index in [9.17, 15) is 9.36 Å². The molecule has 1 rings (SSSR count). The molecule has 0 saturated carbocycles. The van der Waals surface area contributed by atoms with Crippen LogP contribution in [0.1, 0.15) is 53.0 Å². The van der Waals surface area contributed by atoms with E-state index in [1.165, 1.54) is 14.2 Å². The molecule has 0 aromatic heterocycles. The zero-order valence-electron chi connectivity index (χ0n) is 23.4. The Morgan fingerprint density at radius 1 is 1.00 bits per heavy atom. The summed E-state index contributed by atoms with van der Waals surface area (Å²) in [5.41, 5.74) is 1.08. The molecule has 0 amide bonds. The van der Waals surface area contributed by atoms with Gasteiger partial charge in [0.15, 0.2) is 8.32 Å². The number of carbonyl (C=O) groups excluding carboxylic acids is 1. The van der Waals surface area contributed by atoms with Crippen LogP contribution in [0, 0.1) is 11.8 Å². The van der Waals surface area contributed by atoms with E-state index in [1.54, 1.807) is 7.11 Å². The van der Waals surface area contributed by atoms with Crippen LogP contribution in [0.2, 0.25) is 18.1 Å². The lowest BCUT2D eigenvalue weighted by molar-refractivity contribution is -0.117. The zero-order valence-corrected chi connectivity index (χ0v) is 25.3. The lowest BCUT2D eigenvalue weighted by Gasteiger charge is -2.43. The van der Waals surface area contributed by atoms with Gasteiger partial charge < -0.3 is 22.9 Å². The van der Waals surface area contributed by atoms with Gasteiger partial charge in [-0.2, -0.15) is 0 Å². The first-order valence-electron chi connectivity index (χ1n) is 12.3. The summed E-state index contributed by atoms with van der Waals surface area (Å²) in [5, 5.41) is 0.0635. The lowest BCUT2D eigenvalue weighted by atomic mass is 9.90. The standard InChI is InChI=1S/C26H47O7PSi/c1-20(11-14-23(27)19-34(28,30-7)31-8)25(33-35(9,10)26(3,4)5)21(2)17-32-18-22-12-15-24(29-6)16-13-22/h12-13,15-16,20-21,25H,11,14,17-19H2,1-10H3/t20-,21-,25+/m1/s1. The molecular formula is C26H47O7PSi. The van der Waals surface area contributed by atoms with Gasteiger partial charge in [-0.1, -0.05) is 46.8 Å². The molecule has 3 atom stereocenters. The molecule has 35 heavy (non-hydrogen) atoms. The third-order valence-electron chi connectivity index (χ3n) is 6.97. The van der Waals surface area contributed by atoms with Crippen molar-refractivity contribution in [2.24, 2.45) is 11.8 Å². The smallest absolute Gasteiger partial charge is 0.337 e. The molecule has 1 aromatic rings. The first-order chi connectivity index (χ1) is 16.2. The minimum atomic E-state index is -3.35. The van der Waals surface area contributed by atoms with Crippen molar-refractivity contribution >= 4 is 21.7 Å². The Hall–Kier alpha value is -1.02. The molecule has 1 aromatic carbocycles. The van der Waals surface area contributed by atoms with Crippen LogP contribution in [0.3, 0.4) is 0 Å². The summed E-state index contributed by atoms with van der Waals surface area (Å²) >= 11 is 0. The molecule has 7 nitrogen and oxygen atoms in total. The average Bonchev–Trinajstić information content (AvgIpc) is 2.80. The summed E-state index contributed by atoms with van der Waals surface area (Å²) in [6.07, 6.45) is 0.667. The van der Waals surface area contributed by atoms with E-state index in [2.05, 4.69) is 47.7 Å². The summed E-state index contributed by atoms with van der Waals surface area (Å²) in [4.78, 5) is 12.5. The third kappa shape index (κ3) is 10.5. The van der Waals surface area contributed by atoms with Crippen LogP contribution in [0.5, 0.6) is 5.75 Å². The number of ketones is 1. The van der Waals surface area contributed by atoms with E-state index in [1.807, 2.05) is 24.3 Å². The number of Topliss-reactive ketones (excluding diaryl/α,β-unsaturated/α-hetero) is 1. The third-order valence-corrected chi connectivity index (χ3v) is 13.3. The van der Waals surface area contributed by atoms with Gasteiger partial charge >= 0.3 is 7.60 Å². The minimum absolute atomic E-state index is 0.0591. The van der Waals surface area contributed by atoms with E-state index in [0.717, 1.165) is 11.3 Å². The normalized spacial score (nSPS) is 15.5. The highest BCUT2D eigenvalue weighted by molar-refractivity contribution is 7.54. The Bertz CT molecular complexity index is 812. The van der Waals surface area contributed by atoms with Crippen molar-refractivity contribution < 1.29 is 32.3 Å². The molecule has 0 unspecified atom stereocenters. The minimum Gasteiger partial charge on any atom is -0.497 e. The molecule has 0 aliphatic rings. The molecule has 0 aliphatic heterocycles. The van der Waals surface area contributed by atoms with Crippen LogP contribution in [0.15, 0.2) is 24.3 Å². The molecular weight excluding hydrogens is 483 g/mol. The summed E-state index contributed by atoms with van der Waals surface area (Å²) in [6, 6.07) is 7.85. The highest BCUT2D eigenvalue weighted by Gasteiger charge is 2.41. The molecule has 0 bridgehead atoms. The fraction of sp³-hybridized carbons (Fsp3) is 0.731. The van der Waals surface area contributed by atoms with Crippen LogP contribution in [0.25, 0.3) is 0 Å². The summed E-state index contributed by atoms with van der Waals surface area (Å²) < 4.78 is 40.3. The Labute approximate surface area is 213 Å². The van der Waals surface area contributed by atoms with E-state index in [-0.39, 0.29) is 34.9 Å². The van der Waals surface area contributed by atoms with Gasteiger partial charge in [0.1, 0.15) is 17.7 Å². The summed E-state index contributed by atoms with van der Waals surface area (Å²) in [6.45, 7) is 16.5. The fourth-order valence-corrected chi connectivity index (χ4v) is 6.04. The second-order valence-corrected chi connectivity index (χ2v) is 17.9. The number of rotatable bonds is 16. The van der Waals surface area contributed by atoms with Gasteiger partial charge in [0, 0.05) is 26.6 Å². The fourth-order valence-electron chi connectivity index (χ4n) is 3.54. The highest BCUT2D eigenvalue weighted by Crippen LogP contribution is 2.46. The van der Waals surface area contributed by atoms with Gasteiger partial charge in [-0.15, -0.1) is 0 Å². The first-order valence-corrected chi connectivity index (χ1v) is 16.9. The maximum Gasteiger partial charge on any atom is 0.337 e. The maximum absolute atomic E-state index is 12.5. The Morgan fingerprint density at radius 2 is 1.57 bits per heavy atom. The molecule has 0 fully saturated rings. The van der Waals surface area contributed by atoms with E-state index in [4.69, 9.17) is 22.9 Å². The molecule has 0 radical (unpaired) electrons. The Kier molecular flexibility index (Phi) is 12.9. The molecule has 0 aliphatic carbocycles. The number of hydrogen-bond acceptors (Lipinski definition) is 7. The van der Waals surface area contributed by atoms with Gasteiger partial charge in [0.05, 0.1) is 26.4 Å². The molecule has 9 heteroatoms. The monoisotopic (exact) mass is 530 g/mol. The predicted molar refractivity (Wildman–Crippen MR) is 144 cm³/mol. The molecule has 0 saturated heterocycles. The maximum atomic E-state index is 12.5. The van der Waals surface area contributed by atoms with Gasteiger partial charge in [-0.3, -0.25) is 9.36 Å². The Morgan fingerprint density at radius 3 is 2.06 bits per heavy atom. The predicted octanol–water partition coefficient (Wildman–Crippen LogP) is 6.71. The molecule has 202 valence electrons. The average molecular weight is 531 g/mol. The number of hydrogen-bond donors (Lipinski definition) is 0. The Balaban J connectivity index is 2.84. The second-order valence-electron chi connectivity index (χ2n) is 10.9. The summed E-state index contributed by atoms with van der Waals surface area (Å²) in [5.74, 6) is 0.952. The SMILES string of the molecule is COc1ccc(COC[C@@H](C)[C@@H](O[Si](C)(C)C(C)(C)C)[C@H](C)CCC(=O)CP(=O)(OC)OC)cc1. The number of methoxy groups -OCH3 is 1. The quantitative estimate of drug-likeness (QED) is 0.174. The van der Waals surface area contributed by atoms with Gasteiger partial charge in [0.2, 0.25) is 0 Å². The topological polar surface area (TPSA) is 80.3 Å². The zero-order chi connectivity index (χ0) is 26.9. The number of ether oxygens (including phenoxy) is 2. The van der Waals surface area contributed by atoms with Crippen molar-refractivity contribution in [3.8, 4) is 5.75 Å². The molecule has 0 spiro atoms. The van der Waals surface area contributed by atoms with Crippen LogP contribution < -0.4 is 4.74 Å². The van der Waals surface area contributed by atoms with Crippen molar-refractivity contribution in [3.05, 3.63) is 29.8 Å². The van der Waals surface area contributed by atoms with Crippen LogP contribution in [0.4, 0.5) is 0 Å². The highest BCUT2D eigenvalue weighted by atomic mass is 31.2. The van der Waals surface area contributed by atoms with Crippen molar-refractivity contribution in [3.63, 3.8) is 0 Å².